The van der Waals surface area contributed by atoms with Crippen LogP contribution in [-0.2, 0) is 9.53 Å². The topological polar surface area (TPSA) is 26.3 Å². The number of allylic oxidation sites excluding steroid dienone is 2. The molecule has 0 aromatic heterocycles. The van der Waals surface area contributed by atoms with Crippen LogP contribution in [0.4, 0.5) is 0 Å². The van der Waals surface area contributed by atoms with Gasteiger partial charge in [-0.3, -0.25) is 4.79 Å². The van der Waals surface area contributed by atoms with E-state index in [9.17, 15) is 4.79 Å². The zero-order valence-electron chi connectivity index (χ0n) is 13.8. The fourth-order valence-electron chi connectivity index (χ4n) is 3.77. The third-order valence-electron chi connectivity index (χ3n) is 5.10. The Morgan fingerprint density at radius 1 is 0.909 bits per heavy atom. The Hall–Kier alpha value is -0.310. The summed E-state index contributed by atoms with van der Waals surface area (Å²) >= 11 is 3.47. The molecule has 1 fully saturated rings. The molecule has 2 rings (SSSR count). The maximum Gasteiger partial charge on any atom is 0.309 e. The third kappa shape index (κ3) is 6.06. The Balaban J connectivity index is 1.37. The summed E-state index contributed by atoms with van der Waals surface area (Å²) in [5, 5.41) is 1.14. The van der Waals surface area contributed by atoms with Crippen LogP contribution in [0.2, 0.25) is 0 Å². The molecule has 2 bridgehead atoms. The molecular weight excluding hydrogens is 340 g/mol. The van der Waals surface area contributed by atoms with E-state index in [-0.39, 0.29) is 11.9 Å². The summed E-state index contributed by atoms with van der Waals surface area (Å²) in [5.74, 6) is 1.34. The number of carbonyl (C=O) groups is 1. The molecule has 0 aromatic rings. The third-order valence-corrected chi connectivity index (χ3v) is 5.66. The lowest BCUT2D eigenvalue weighted by molar-refractivity contribution is -0.149. The number of esters is 1. The maximum absolute atomic E-state index is 12.0. The minimum Gasteiger partial charge on any atom is -0.465 e. The van der Waals surface area contributed by atoms with Crippen molar-refractivity contribution in [3.05, 3.63) is 12.2 Å². The molecule has 0 unspecified atom stereocenters. The van der Waals surface area contributed by atoms with E-state index in [1.165, 1.54) is 57.8 Å². The number of rotatable bonds is 12. The highest BCUT2D eigenvalue weighted by Gasteiger charge is 2.40. The van der Waals surface area contributed by atoms with Crippen LogP contribution in [0.5, 0.6) is 0 Å². The predicted octanol–water partition coefficient (Wildman–Crippen LogP) is 5.65. The Labute approximate surface area is 144 Å². The van der Waals surface area contributed by atoms with Crippen molar-refractivity contribution in [2.75, 3.05) is 11.9 Å². The first-order chi connectivity index (χ1) is 10.8. The average Bonchev–Trinajstić information content (AvgIpc) is 3.15. The van der Waals surface area contributed by atoms with E-state index in [4.69, 9.17) is 4.74 Å². The van der Waals surface area contributed by atoms with Gasteiger partial charge in [0, 0.05) is 5.33 Å². The van der Waals surface area contributed by atoms with Gasteiger partial charge in [-0.05, 0) is 37.5 Å². The molecule has 2 aliphatic carbocycles. The first-order valence-corrected chi connectivity index (χ1v) is 10.3. The monoisotopic (exact) mass is 370 g/mol. The van der Waals surface area contributed by atoms with Crippen molar-refractivity contribution >= 4 is 21.9 Å². The molecule has 3 heteroatoms. The molecule has 0 aromatic carbocycles. The molecule has 2 nitrogen and oxygen atoms in total. The van der Waals surface area contributed by atoms with Gasteiger partial charge in [-0.25, -0.2) is 0 Å². The zero-order chi connectivity index (χ0) is 15.6. The van der Waals surface area contributed by atoms with Crippen LogP contribution in [0.15, 0.2) is 12.2 Å². The van der Waals surface area contributed by atoms with Crippen molar-refractivity contribution in [2.24, 2.45) is 17.8 Å². The van der Waals surface area contributed by atoms with Gasteiger partial charge >= 0.3 is 5.97 Å². The van der Waals surface area contributed by atoms with Gasteiger partial charge in [-0.2, -0.15) is 0 Å². The Bertz CT molecular complexity index is 353. The number of halogens is 1. The van der Waals surface area contributed by atoms with Crippen LogP contribution in [0.3, 0.4) is 0 Å². The highest BCUT2D eigenvalue weighted by Crippen LogP contribution is 2.43. The van der Waals surface area contributed by atoms with E-state index in [2.05, 4.69) is 28.1 Å². The largest absolute Gasteiger partial charge is 0.465 e. The van der Waals surface area contributed by atoms with Gasteiger partial charge in [-0.15, -0.1) is 0 Å². The summed E-state index contributed by atoms with van der Waals surface area (Å²) in [7, 11) is 0. The lowest BCUT2D eigenvalue weighted by Gasteiger charge is -2.16. The summed E-state index contributed by atoms with van der Waals surface area (Å²) in [6.07, 6.45) is 18.3. The molecule has 22 heavy (non-hydrogen) atoms. The van der Waals surface area contributed by atoms with E-state index < -0.39 is 0 Å². The molecule has 0 N–H and O–H groups in total. The van der Waals surface area contributed by atoms with E-state index >= 15 is 0 Å². The summed E-state index contributed by atoms with van der Waals surface area (Å²) in [4.78, 5) is 12.0. The fourth-order valence-corrected chi connectivity index (χ4v) is 4.16. The van der Waals surface area contributed by atoms with Crippen LogP contribution in [0.25, 0.3) is 0 Å². The molecule has 0 saturated heterocycles. The molecule has 0 spiro atoms. The van der Waals surface area contributed by atoms with Gasteiger partial charge in [0.05, 0.1) is 12.5 Å². The molecule has 0 radical (unpaired) electrons. The lowest BCUT2D eigenvalue weighted by Crippen LogP contribution is -2.21. The van der Waals surface area contributed by atoms with Gasteiger partial charge in [0.1, 0.15) is 0 Å². The van der Waals surface area contributed by atoms with Crippen molar-refractivity contribution < 1.29 is 9.53 Å². The Morgan fingerprint density at radius 2 is 1.55 bits per heavy atom. The van der Waals surface area contributed by atoms with Gasteiger partial charge in [-0.1, -0.05) is 73.0 Å². The predicted molar refractivity (Wildman–Crippen MR) is 95.2 cm³/mol. The second kappa shape index (κ2) is 10.5. The smallest absolute Gasteiger partial charge is 0.309 e. The van der Waals surface area contributed by atoms with Gasteiger partial charge < -0.3 is 4.74 Å². The van der Waals surface area contributed by atoms with Crippen molar-refractivity contribution in [1.82, 2.24) is 0 Å². The number of hydrogen-bond donors (Lipinski definition) is 0. The van der Waals surface area contributed by atoms with Crippen molar-refractivity contribution in [2.45, 2.75) is 70.6 Å². The normalized spacial score (nSPS) is 25.8. The summed E-state index contributed by atoms with van der Waals surface area (Å²) in [6.45, 7) is 0.627. The zero-order valence-corrected chi connectivity index (χ0v) is 15.4. The number of carbonyl (C=O) groups excluding carboxylic acids is 1. The minimum absolute atomic E-state index is 0.0589. The number of alkyl halides is 1. The first-order valence-electron chi connectivity index (χ1n) is 9.22. The van der Waals surface area contributed by atoms with Crippen molar-refractivity contribution in [3.8, 4) is 0 Å². The van der Waals surface area contributed by atoms with Gasteiger partial charge in [0.25, 0.3) is 0 Å². The van der Waals surface area contributed by atoms with Gasteiger partial charge in [0.15, 0.2) is 0 Å². The molecule has 1 saturated carbocycles. The Morgan fingerprint density at radius 3 is 2.09 bits per heavy atom. The number of hydrogen-bond acceptors (Lipinski definition) is 2. The second-order valence-corrected chi connectivity index (χ2v) is 7.72. The van der Waals surface area contributed by atoms with Crippen LogP contribution >= 0.6 is 15.9 Å². The highest BCUT2D eigenvalue weighted by molar-refractivity contribution is 9.09. The Kier molecular flexibility index (Phi) is 8.58. The molecule has 0 heterocycles. The molecule has 0 amide bonds. The SMILES string of the molecule is O=C(OCCCCCCCCCCCBr)[C@H]1C[C@@H]2C=C[C@H]1C2. The standard InChI is InChI=1S/C19H31BrO2/c20-12-8-6-4-2-1-3-5-7-9-13-22-19(21)18-15-16-10-11-17(18)14-16/h10-11,16-18H,1-9,12-15H2/t16-,17+,18+/m1/s1. The van der Waals surface area contributed by atoms with Crippen molar-refractivity contribution in [1.29, 1.82) is 0 Å². The molecule has 3 atom stereocenters. The minimum atomic E-state index is 0.0589. The molecular formula is C19H31BrO2. The van der Waals surface area contributed by atoms with Crippen LogP contribution in [0, 0.1) is 17.8 Å². The highest BCUT2D eigenvalue weighted by atomic mass is 79.9. The quantitative estimate of drug-likeness (QED) is 0.192. The van der Waals surface area contributed by atoms with Crippen LogP contribution in [0.1, 0.15) is 70.6 Å². The molecule has 2 aliphatic rings. The van der Waals surface area contributed by atoms with Crippen molar-refractivity contribution in [3.63, 3.8) is 0 Å². The number of fused-ring (bicyclic) bond motifs is 2. The first kappa shape index (κ1) is 18.0. The lowest BCUT2D eigenvalue weighted by atomic mass is 9.94. The number of unbranched alkanes of at least 4 members (excludes halogenated alkanes) is 8. The molecule has 126 valence electrons. The summed E-state index contributed by atoms with van der Waals surface area (Å²) < 4.78 is 5.47. The van der Waals surface area contributed by atoms with E-state index in [1.54, 1.807) is 0 Å². The average molecular weight is 371 g/mol. The fraction of sp³-hybridized carbons (Fsp3) is 0.842. The summed E-state index contributed by atoms with van der Waals surface area (Å²) in [6, 6.07) is 0. The van der Waals surface area contributed by atoms with E-state index in [0.717, 1.165) is 18.2 Å². The molecule has 0 aliphatic heterocycles. The maximum atomic E-state index is 12.0. The van der Waals surface area contributed by atoms with E-state index in [0.29, 0.717) is 18.4 Å². The number of ether oxygens (including phenoxy) is 1. The summed E-state index contributed by atoms with van der Waals surface area (Å²) in [5.41, 5.74) is 0. The second-order valence-electron chi connectivity index (χ2n) is 6.93. The van der Waals surface area contributed by atoms with E-state index in [1.807, 2.05) is 0 Å². The van der Waals surface area contributed by atoms with Crippen LogP contribution in [-0.4, -0.2) is 17.9 Å². The van der Waals surface area contributed by atoms with Crippen LogP contribution < -0.4 is 0 Å². The van der Waals surface area contributed by atoms with Gasteiger partial charge in [0.2, 0.25) is 0 Å².